The second-order valence-corrected chi connectivity index (χ2v) is 6.49. The second kappa shape index (κ2) is 10.2. The zero-order valence-corrected chi connectivity index (χ0v) is 14.3. The monoisotopic (exact) mass is 389 g/mol. The summed E-state index contributed by atoms with van der Waals surface area (Å²) in [4.78, 5) is 31.1. The lowest BCUT2D eigenvalue weighted by Crippen LogP contribution is -2.33. The van der Waals surface area contributed by atoms with Crippen molar-refractivity contribution in [3.8, 4) is 0 Å². The first-order chi connectivity index (χ1) is 9.70. The standard InChI is InChI=1S/C11H18BrO8P/c1-11(2,7-8(12)9(14)18-4-3-13)10(15)19-5-6-20-21(16)17/h8,13H,3-7H2,1-2H3/p+1. The van der Waals surface area contributed by atoms with Crippen LogP contribution in [0.15, 0.2) is 0 Å². The van der Waals surface area contributed by atoms with Crippen molar-refractivity contribution in [3.63, 3.8) is 0 Å². The summed E-state index contributed by atoms with van der Waals surface area (Å²) in [5, 5.41) is 8.56. The predicted octanol–water partition coefficient (Wildman–Crippen LogP) is 0.911. The number of alkyl halides is 1. The van der Waals surface area contributed by atoms with Gasteiger partial charge >= 0.3 is 20.2 Å². The number of rotatable bonds is 10. The summed E-state index contributed by atoms with van der Waals surface area (Å²) in [6.07, 6.45) is 0.130. The number of aliphatic hydroxyl groups is 1. The second-order valence-electron chi connectivity index (χ2n) is 4.65. The van der Waals surface area contributed by atoms with Crippen LogP contribution < -0.4 is 0 Å². The molecule has 0 radical (unpaired) electrons. The van der Waals surface area contributed by atoms with E-state index in [1.165, 1.54) is 0 Å². The van der Waals surface area contributed by atoms with Gasteiger partial charge in [0, 0.05) is 4.57 Å². The maximum absolute atomic E-state index is 11.9. The Morgan fingerprint density at radius 1 is 1.24 bits per heavy atom. The molecule has 2 atom stereocenters. The van der Waals surface area contributed by atoms with E-state index < -0.39 is 30.4 Å². The van der Waals surface area contributed by atoms with E-state index in [2.05, 4.69) is 20.5 Å². The van der Waals surface area contributed by atoms with E-state index in [9.17, 15) is 14.2 Å². The molecule has 10 heteroatoms. The maximum Gasteiger partial charge on any atom is 0.694 e. The highest BCUT2D eigenvalue weighted by atomic mass is 79.9. The normalized spacial score (nSPS) is 13.5. The summed E-state index contributed by atoms with van der Waals surface area (Å²) in [5.74, 6) is -1.15. The molecule has 2 unspecified atom stereocenters. The third kappa shape index (κ3) is 9.10. The Kier molecular flexibility index (Phi) is 9.89. The molecule has 0 bridgehead atoms. The van der Waals surface area contributed by atoms with Crippen LogP contribution in [0.5, 0.6) is 0 Å². The molecule has 0 amide bonds. The minimum atomic E-state index is -2.72. The van der Waals surface area contributed by atoms with E-state index in [1.54, 1.807) is 13.8 Å². The van der Waals surface area contributed by atoms with E-state index in [4.69, 9.17) is 19.5 Å². The molecule has 0 aliphatic carbocycles. The molecule has 0 saturated heterocycles. The van der Waals surface area contributed by atoms with Gasteiger partial charge in [0.05, 0.1) is 12.0 Å². The Bertz CT molecular complexity index is 373. The van der Waals surface area contributed by atoms with Crippen LogP contribution in [0.3, 0.4) is 0 Å². The average molecular weight is 390 g/mol. The van der Waals surface area contributed by atoms with Gasteiger partial charge in [0.2, 0.25) is 0 Å². The van der Waals surface area contributed by atoms with Gasteiger partial charge in [-0.1, -0.05) is 15.9 Å². The Morgan fingerprint density at radius 2 is 1.86 bits per heavy atom. The molecular weight excluding hydrogens is 371 g/mol. The number of esters is 2. The van der Waals surface area contributed by atoms with Crippen LogP contribution in [0, 0.1) is 5.41 Å². The van der Waals surface area contributed by atoms with Gasteiger partial charge in [0.1, 0.15) is 24.6 Å². The van der Waals surface area contributed by atoms with Crippen molar-refractivity contribution in [1.29, 1.82) is 0 Å². The molecule has 21 heavy (non-hydrogen) atoms. The number of halogens is 1. The van der Waals surface area contributed by atoms with E-state index in [0.717, 1.165) is 0 Å². The first-order valence-corrected chi connectivity index (χ1v) is 8.13. The summed E-state index contributed by atoms with van der Waals surface area (Å²) in [7, 11) is -2.72. The van der Waals surface area contributed by atoms with Gasteiger partial charge in [0.15, 0.2) is 0 Å². The Hall–Kier alpha value is -0.600. The molecule has 0 aromatic heterocycles. The molecule has 0 aliphatic rings. The Morgan fingerprint density at radius 3 is 2.38 bits per heavy atom. The highest BCUT2D eigenvalue weighted by molar-refractivity contribution is 9.10. The van der Waals surface area contributed by atoms with Crippen LogP contribution in [-0.2, 0) is 28.2 Å². The molecule has 0 rings (SSSR count). The molecule has 0 fully saturated rings. The zero-order chi connectivity index (χ0) is 16.5. The van der Waals surface area contributed by atoms with Gasteiger partial charge in [-0.2, -0.15) is 0 Å². The van der Waals surface area contributed by atoms with Crippen LogP contribution in [0.2, 0.25) is 0 Å². The lowest BCUT2D eigenvalue weighted by Gasteiger charge is -2.24. The minimum absolute atomic E-state index is 0.109. The van der Waals surface area contributed by atoms with Crippen LogP contribution in [0.25, 0.3) is 0 Å². The molecule has 0 heterocycles. The van der Waals surface area contributed by atoms with E-state index >= 15 is 0 Å². The lowest BCUT2D eigenvalue weighted by atomic mass is 9.88. The van der Waals surface area contributed by atoms with Crippen LogP contribution in [0.4, 0.5) is 0 Å². The smallest absolute Gasteiger partial charge is 0.463 e. The molecule has 0 spiro atoms. The lowest BCUT2D eigenvalue weighted by molar-refractivity contribution is -0.156. The van der Waals surface area contributed by atoms with Crippen molar-refractivity contribution in [2.45, 2.75) is 25.1 Å². The molecule has 2 N–H and O–H groups in total. The number of ether oxygens (including phenoxy) is 2. The maximum atomic E-state index is 11.9. The molecule has 0 aromatic carbocycles. The Balaban J connectivity index is 4.23. The largest absolute Gasteiger partial charge is 0.694 e. The summed E-state index contributed by atoms with van der Waals surface area (Å²) in [5.41, 5.74) is -0.964. The van der Waals surface area contributed by atoms with Gasteiger partial charge in [-0.3, -0.25) is 9.59 Å². The molecular formula is C11H19BrO8P+. The molecule has 122 valence electrons. The summed E-state index contributed by atoms with van der Waals surface area (Å²) in [6.45, 7) is 2.45. The fraction of sp³-hybridized carbons (Fsp3) is 0.818. The van der Waals surface area contributed by atoms with Crippen LogP contribution in [0.1, 0.15) is 20.3 Å². The number of hydrogen-bond acceptors (Lipinski definition) is 7. The number of carbonyl (C=O) groups excluding carboxylic acids is 2. The molecule has 0 aromatic rings. The quantitative estimate of drug-likeness (QED) is 0.245. The predicted molar refractivity (Wildman–Crippen MR) is 75.9 cm³/mol. The molecule has 8 nitrogen and oxygen atoms in total. The fourth-order valence-corrected chi connectivity index (χ4v) is 2.47. The van der Waals surface area contributed by atoms with Crippen LogP contribution in [-0.4, -0.2) is 53.2 Å². The van der Waals surface area contributed by atoms with Crippen molar-refractivity contribution >= 4 is 36.1 Å². The number of aliphatic hydroxyl groups excluding tert-OH is 1. The van der Waals surface area contributed by atoms with Crippen molar-refractivity contribution in [2.24, 2.45) is 5.41 Å². The van der Waals surface area contributed by atoms with Crippen molar-refractivity contribution < 1.29 is 38.2 Å². The highest BCUT2D eigenvalue weighted by Gasteiger charge is 2.34. The molecule has 0 saturated carbocycles. The van der Waals surface area contributed by atoms with Crippen molar-refractivity contribution in [1.82, 2.24) is 0 Å². The average Bonchev–Trinajstić information content (AvgIpc) is 2.39. The van der Waals surface area contributed by atoms with E-state index in [0.29, 0.717) is 0 Å². The van der Waals surface area contributed by atoms with E-state index in [1.807, 2.05) is 0 Å². The first kappa shape index (κ1) is 20.4. The zero-order valence-electron chi connectivity index (χ0n) is 11.8. The van der Waals surface area contributed by atoms with Gasteiger partial charge in [-0.25, -0.2) is 0 Å². The minimum Gasteiger partial charge on any atom is -0.463 e. The van der Waals surface area contributed by atoms with Crippen LogP contribution >= 0.6 is 24.2 Å². The highest BCUT2D eigenvalue weighted by Crippen LogP contribution is 2.28. The summed E-state index contributed by atoms with van der Waals surface area (Å²) < 4.78 is 24.2. The van der Waals surface area contributed by atoms with Gasteiger partial charge < -0.3 is 14.6 Å². The number of hydrogen-bond donors (Lipinski definition) is 2. The van der Waals surface area contributed by atoms with Gasteiger partial charge in [-0.15, -0.1) is 9.42 Å². The topological polar surface area (TPSA) is 119 Å². The molecule has 0 aliphatic heterocycles. The van der Waals surface area contributed by atoms with Gasteiger partial charge in [-0.05, 0) is 20.3 Å². The third-order valence-corrected chi connectivity index (χ3v) is 3.45. The van der Waals surface area contributed by atoms with E-state index in [-0.39, 0.29) is 32.8 Å². The van der Waals surface area contributed by atoms with Crippen molar-refractivity contribution in [2.75, 3.05) is 26.4 Å². The summed E-state index contributed by atoms with van der Waals surface area (Å²) >= 11 is 3.12. The van der Waals surface area contributed by atoms with Crippen molar-refractivity contribution in [3.05, 3.63) is 0 Å². The summed E-state index contributed by atoms with van der Waals surface area (Å²) in [6, 6.07) is 0. The van der Waals surface area contributed by atoms with Gasteiger partial charge in [0.25, 0.3) is 0 Å². The third-order valence-electron chi connectivity index (χ3n) is 2.35. The number of carbonyl (C=O) groups is 2. The fourth-order valence-electron chi connectivity index (χ4n) is 1.30. The Labute approximate surface area is 131 Å². The SMILES string of the molecule is CC(C)(CC(Br)C(=O)OCCO)C(=O)OCCO[P+](=O)O. The first-order valence-electron chi connectivity index (χ1n) is 6.08.